The van der Waals surface area contributed by atoms with Crippen molar-refractivity contribution in [1.82, 2.24) is 14.9 Å². The summed E-state index contributed by atoms with van der Waals surface area (Å²) in [5.41, 5.74) is 5.59. The van der Waals surface area contributed by atoms with Crippen molar-refractivity contribution >= 4 is 22.0 Å². The molecule has 0 radical (unpaired) electrons. The summed E-state index contributed by atoms with van der Waals surface area (Å²) in [5.74, 6) is 0.341. The fourth-order valence-electron chi connectivity index (χ4n) is 5.96. The molecule has 0 aliphatic carbocycles. The van der Waals surface area contributed by atoms with Gasteiger partial charge in [-0.25, -0.2) is 13.2 Å². The molecule has 3 heterocycles. The number of hydrogen-bond donors (Lipinski definition) is 4. The summed E-state index contributed by atoms with van der Waals surface area (Å²) in [4.78, 5) is 24.9. The van der Waals surface area contributed by atoms with E-state index in [1.54, 1.807) is 0 Å². The summed E-state index contributed by atoms with van der Waals surface area (Å²) in [6.07, 6.45) is -1.65. The maximum Gasteiger partial charge on any atom is 0.407 e. The highest BCUT2D eigenvalue weighted by Gasteiger charge is 2.44. The van der Waals surface area contributed by atoms with Gasteiger partial charge in [0.15, 0.2) is 17.8 Å². The van der Waals surface area contributed by atoms with Gasteiger partial charge in [-0.05, 0) is 42.4 Å². The van der Waals surface area contributed by atoms with Gasteiger partial charge in [-0.2, -0.15) is 4.31 Å². The van der Waals surface area contributed by atoms with Gasteiger partial charge >= 0.3 is 6.09 Å². The number of aliphatic hydroxyl groups excluding tert-OH is 1. The third-order valence-corrected chi connectivity index (χ3v) is 10.4. The number of amides is 2. The van der Waals surface area contributed by atoms with E-state index in [-0.39, 0.29) is 62.7 Å². The molecule has 2 saturated heterocycles. The van der Waals surface area contributed by atoms with Gasteiger partial charge in [0.25, 0.3) is 0 Å². The third-order valence-electron chi connectivity index (χ3n) is 8.60. The van der Waals surface area contributed by atoms with Crippen molar-refractivity contribution in [3.63, 3.8) is 0 Å². The summed E-state index contributed by atoms with van der Waals surface area (Å²) in [6, 6.07) is 12.7. The van der Waals surface area contributed by atoms with Gasteiger partial charge in [0, 0.05) is 25.7 Å². The van der Waals surface area contributed by atoms with Gasteiger partial charge in [-0.15, -0.1) is 0 Å². The van der Waals surface area contributed by atoms with E-state index in [0.29, 0.717) is 30.9 Å². The van der Waals surface area contributed by atoms with Crippen LogP contribution in [0.5, 0.6) is 11.5 Å². The lowest BCUT2D eigenvalue weighted by atomic mass is 9.89. The van der Waals surface area contributed by atoms with E-state index in [2.05, 4.69) is 10.6 Å². The first kappa shape index (κ1) is 34.9. The normalized spacial score (nSPS) is 21.7. The quantitative estimate of drug-likeness (QED) is 0.213. The molecule has 0 aromatic heterocycles. The van der Waals surface area contributed by atoms with Gasteiger partial charge in [0.2, 0.25) is 22.7 Å². The molecular weight excluding hydrogens is 632 g/mol. The Labute approximate surface area is 274 Å². The van der Waals surface area contributed by atoms with Gasteiger partial charge < -0.3 is 45.2 Å². The molecule has 5 atom stereocenters. The van der Waals surface area contributed by atoms with Crippen molar-refractivity contribution < 1.29 is 46.8 Å². The van der Waals surface area contributed by atoms with Crippen LogP contribution in [0.25, 0.3) is 0 Å². The van der Waals surface area contributed by atoms with Gasteiger partial charge in [-0.3, -0.25) is 4.79 Å². The van der Waals surface area contributed by atoms with Crippen LogP contribution in [0.2, 0.25) is 0 Å². The van der Waals surface area contributed by atoms with Crippen LogP contribution in [0.15, 0.2) is 53.4 Å². The number of sulfonamides is 1. The molecular formula is C32H44N4O10S. The van der Waals surface area contributed by atoms with Gasteiger partial charge in [0.1, 0.15) is 6.10 Å². The molecule has 3 aliphatic heterocycles. The number of benzene rings is 2. The Kier molecular flexibility index (Phi) is 11.3. The summed E-state index contributed by atoms with van der Waals surface area (Å²) in [5, 5.41) is 17.2. The van der Waals surface area contributed by atoms with E-state index in [9.17, 15) is 23.1 Å². The van der Waals surface area contributed by atoms with Crippen molar-refractivity contribution in [2.45, 2.75) is 62.5 Å². The second-order valence-corrected chi connectivity index (χ2v) is 14.7. The van der Waals surface area contributed by atoms with Crippen LogP contribution < -0.4 is 25.8 Å². The lowest BCUT2D eigenvalue weighted by molar-refractivity contribution is -0.119. The highest BCUT2D eigenvalue weighted by molar-refractivity contribution is 7.89. The molecule has 2 aromatic rings. The molecule has 2 fully saturated rings. The van der Waals surface area contributed by atoms with E-state index in [1.165, 1.54) is 22.5 Å². The van der Waals surface area contributed by atoms with E-state index >= 15 is 0 Å². The van der Waals surface area contributed by atoms with E-state index in [1.807, 2.05) is 44.2 Å². The molecule has 5 rings (SSSR count). The average Bonchev–Trinajstić information content (AvgIpc) is 3.79. The van der Waals surface area contributed by atoms with Crippen molar-refractivity contribution in [2.75, 3.05) is 46.2 Å². The number of hydrogen-bond acceptors (Lipinski definition) is 11. The Morgan fingerprint density at radius 3 is 2.66 bits per heavy atom. The van der Waals surface area contributed by atoms with Crippen LogP contribution in [0.4, 0.5) is 4.79 Å². The van der Waals surface area contributed by atoms with Crippen LogP contribution in [-0.4, -0.2) is 101 Å². The first-order chi connectivity index (χ1) is 22.4. The van der Waals surface area contributed by atoms with Gasteiger partial charge in [0.05, 0.1) is 42.7 Å². The number of nitrogens with two attached hydrogens (primary N) is 1. The Bertz CT molecular complexity index is 1490. The third kappa shape index (κ3) is 8.91. The smallest absolute Gasteiger partial charge is 0.407 e. The highest BCUT2D eigenvalue weighted by atomic mass is 32.2. The zero-order valence-corrected chi connectivity index (χ0v) is 27.4. The number of carbonyl (C=O) groups excluding carboxylic acids is 2. The van der Waals surface area contributed by atoms with Crippen molar-refractivity contribution in [3.8, 4) is 11.5 Å². The standard InChI is InChI=1S/C32H44N4O10S/c1-32(2,11-12-34-29(38)16-33)19-36(47(40,41)22-8-9-26-27(15-22)45-20-44-26)17-25(37)24(14-21-6-4-3-5-7-21)35-31(39)46-28-18-43-30-23(28)10-13-42-30/h3-9,15,23-25,28,30,37H,10-14,16-20,33H2,1-2H3,(H,34,38)(H,35,39)/t23-,24-,25-,28-,30+/m0/s1. The summed E-state index contributed by atoms with van der Waals surface area (Å²) >= 11 is 0. The number of nitrogens with zero attached hydrogens (tertiary/aromatic N) is 1. The number of rotatable bonds is 15. The van der Waals surface area contributed by atoms with E-state index in [0.717, 1.165) is 5.56 Å². The Hall–Kier alpha value is -3.47. The topological polar surface area (TPSA) is 188 Å². The second-order valence-electron chi connectivity index (χ2n) is 12.8. The average molecular weight is 677 g/mol. The predicted molar refractivity (Wildman–Crippen MR) is 169 cm³/mol. The number of alkyl carbamates (subject to hydrolysis) is 1. The number of carbonyl (C=O) groups is 2. The van der Waals surface area contributed by atoms with Gasteiger partial charge in [-0.1, -0.05) is 44.2 Å². The predicted octanol–water partition coefficient (Wildman–Crippen LogP) is 1.36. The lowest BCUT2D eigenvalue weighted by Gasteiger charge is -2.35. The molecule has 2 aromatic carbocycles. The monoisotopic (exact) mass is 676 g/mol. The fraction of sp³-hybridized carbons (Fsp3) is 0.562. The Morgan fingerprint density at radius 2 is 1.89 bits per heavy atom. The maximum absolute atomic E-state index is 14.2. The van der Waals surface area contributed by atoms with E-state index < -0.39 is 46.1 Å². The molecule has 0 saturated carbocycles. The minimum Gasteiger partial charge on any atom is -0.454 e. The maximum atomic E-state index is 14.2. The van der Waals surface area contributed by atoms with E-state index in [4.69, 9.17) is 29.4 Å². The molecule has 47 heavy (non-hydrogen) atoms. The van der Waals surface area contributed by atoms with Crippen molar-refractivity contribution in [1.29, 1.82) is 0 Å². The van der Waals surface area contributed by atoms with Crippen LogP contribution in [-0.2, 0) is 35.4 Å². The number of nitrogens with one attached hydrogen (secondary N) is 2. The summed E-state index contributed by atoms with van der Waals surface area (Å²) < 4.78 is 57.2. The number of aliphatic hydroxyl groups is 1. The first-order valence-electron chi connectivity index (χ1n) is 15.7. The fourth-order valence-corrected chi connectivity index (χ4v) is 7.62. The Morgan fingerprint density at radius 1 is 1.13 bits per heavy atom. The lowest BCUT2D eigenvalue weighted by Crippen LogP contribution is -2.52. The minimum absolute atomic E-state index is 0.00961. The molecule has 15 heteroatoms. The van der Waals surface area contributed by atoms with Crippen molar-refractivity contribution in [3.05, 3.63) is 54.1 Å². The zero-order chi connectivity index (χ0) is 33.6. The van der Waals surface area contributed by atoms with Crippen LogP contribution in [0, 0.1) is 11.3 Å². The molecule has 0 spiro atoms. The Balaban J connectivity index is 1.37. The molecule has 258 valence electrons. The summed E-state index contributed by atoms with van der Waals surface area (Å²) in [6.45, 7) is 4.22. The minimum atomic E-state index is -4.20. The summed E-state index contributed by atoms with van der Waals surface area (Å²) in [7, 11) is -4.20. The van der Waals surface area contributed by atoms with Crippen LogP contribution >= 0.6 is 0 Å². The SMILES string of the molecule is CC(C)(CCNC(=O)CN)CN(C[C@H](O)[C@H](Cc1ccccc1)NC(=O)O[C@H]1CO[C@H]2OCC[C@H]21)S(=O)(=O)c1ccc2c(c1)OCO2. The van der Waals surface area contributed by atoms with Crippen molar-refractivity contribution in [2.24, 2.45) is 17.1 Å². The molecule has 5 N–H and O–H groups in total. The second kappa shape index (κ2) is 15.2. The van der Waals surface area contributed by atoms with Crippen LogP contribution in [0.3, 0.4) is 0 Å². The molecule has 3 aliphatic rings. The largest absolute Gasteiger partial charge is 0.454 e. The molecule has 0 bridgehead atoms. The highest BCUT2D eigenvalue weighted by Crippen LogP contribution is 2.36. The molecule has 0 unspecified atom stereocenters. The first-order valence-corrected chi connectivity index (χ1v) is 17.2. The number of ether oxygens (including phenoxy) is 5. The molecule has 2 amide bonds. The van der Waals surface area contributed by atoms with Crippen LogP contribution in [0.1, 0.15) is 32.3 Å². The molecule has 14 nitrogen and oxygen atoms in total. The number of fused-ring (bicyclic) bond motifs is 2. The zero-order valence-electron chi connectivity index (χ0n) is 26.6.